The molecule has 2 aromatic carbocycles. The number of Topliss-reactive ketones (excluding diaryl/α,β-unsaturated/α-hetero) is 1. The molecule has 0 saturated carbocycles. The first-order valence-corrected chi connectivity index (χ1v) is 12.1. The van der Waals surface area contributed by atoms with Crippen LogP contribution in [-0.2, 0) is 15.0 Å². The molecule has 0 radical (unpaired) electrons. The molecule has 2 unspecified atom stereocenters. The van der Waals surface area contributed by atoms with E-state index in [0.717, 1.165) is 5.56 Å². The number of fused-ring (bicyclic) bond motifs is 1. The molecule has 1 aliphatic heterocycles. The lowest BCUT2D eigenvalue weighted by molar-refractivity contribution is -0.171. The zero-order valence-corrected chi connectivity index (χ0v) is 20.7. The number of rotatable bonds is 2. The van der Waals surface area contributed by atoms with Crippen LogP contribution in [0.2, 0.25) is 0 Å². The van der Waals surface area contributed by atoms with Crippen LogP contribution < -0.4 is 10.2 Å². The van der Waals surface area contributed by atoms with Crippen LogP contribution in [0.25, 0.3) is 0 Å². The summed E-state index contributed by atoms with van der Waals surface area (Å²) in [7, 11) is 0. The lowest BCUT2D eigenvalue weighted by atomic mass is 9.78. The number of anilines is 2. The van der Waals surface area contributed by atoms with Gasteiger partial charge in [0.2, 0.25) is 0 Å². The number of para-hydroxylation sites is 2. The Bertz CT molecular complexity index is 1370. The van der Waals surface area contributed by atoms with Crippen LogP contribution in [0.3, 0.4) is 0 Å². The van der Waals surface area contributed by atoms with E-state index in [1.807, 2.05) is 12.1 Å². The van der Waals surface area contributed by atoms with Crippen LogP contribution in [0.15, 0.2) is 82.6 Å². The average molecular weight is 509 g/mol. The standard InChI is InChI=1S/C29H27F3N2O3/c1-28(2,3)19-12-10-17(11-13-19)18-15-21-25(23(35)16-18)26(24-9-6-14-37-24)34(27(36)29(30,31)32)22-8-5-4-7-20(22)33-21/h4-14,18,26,33H,15-16H2,1-3H3. The summed E-state index contributed by atoms with van der Waals surface area (Å²) in [6, 6.07) is 16.1. The summed E-state index contributed by atoms with van der Waals surface area (Å²) in [4.78, 5) is 27.2. The van der Waals surface area contributed by atoms with E-state index in [-0.39, 0.29) is 40.6 Å². The highest BCUT2D eigenvalue weighted by atomic mass is 19.4. The second-order valence-electron chi connectivity index (χ2n) is 10.5. The molecule has 0 saturated heterocycles. The summed E-state index contributed by atoms with van der Waals surface area (Å²) >= 11 is 0. The van der Waals surface area contributed by atoms with E-state index < -0.39 is 18.1 Å². The molecular weight excluding hydrogens is 481 g/mol. The van der Waals surface area contributed by atoms with E-state index in [0.29, 0.717) is 22.7 Å². The zero-order chi connectivity index (χ0) is 26.5. The number of halogens is 3. The third-order valence-corrected chi connectivity index (χ3v) is 7.01. The van der Waals surface area contributed by atoms with E-state index in [2.05, 4.69) is 38.2 Å². The van der Waals surface area contributed by atoms with Gasteiger partial charge >= 0.3 is 12.1 Å². The van der Waals surface area contributed by atoms with Crippen molar-refractivity contribution >= 4 is 23.1 Å². The van der Waals surface area contributed by atoms with Crippen LogP contribution in [0, 0.1) is 0 Å². The van der Waals surface area contributed by atoms with Crippen molar-refractivity contribution in [2.24, 2.45) is 0 Å². The Morgan fingerprint density at radius 1 is 0.973 bits per heavy atom. The quantitative estimate of drug-likeness (QED) is 0.403. The Labute approximate surface area is 213 Å². The van der Waals surface area contributed by atoms with Gasteiger partial charge in [0.1, 0.15) is 11.8 Å². The zero-order valence-electron chi connectivity index (χ0n) is 20.7. The molecular formula is C29H27F3N2O3. The van der Waals surface area contributed by atoms with Crippen molar-refractivity contribution in [2.75, 3.05) is 10.2 Å². The molecule has 192 valence electrons. The number of ketones is 1. The number of hydrogen-bond acceptors (Lipinski definition) is 4. The van der Waals surface area contributed by atoms with Gasteiger partial charge in [0.05, 0.1) is 17.6 Å². The predicted octanol–water partition coefficient (Wildman–Crippen LogP) is 7.04. The van der Waals surface area contributed by atoms with Gasteiger partial charge in [-0.15, -0.1) is 0 Å². The summed E-state index contributed by atoms with van der Waals surface area (Å²) in [5.41, 5.74) is 3.08. The Kier molecular flexibility index (Phi) is 6.01. The van der Waals surface area contributed by atoms with Gasteiger partial charge in [0.15, 0.2) is 5.78 Å². The van der Waals surface area contributed by atoms with Crippen molar-refractivity contribution in [3.8, 4) is 0 Å². The van der Waals surface area contributed by atoms with Crippen molar-refractivity contribution in [1.29, 1.82) is 0 Å². The molecule has 0 bridgehead atoms. The number of furan rings is 1. The first-order valence-electron chi connectivity index (χ1n) is 12.1. The maximum atomic E-state index is 13.9. The number of alkyl halides is 3. The van der Waals surface area contributed by atoms with Gasteiger partial charge in [-0.05, 0) is 53.1 Å². The van der Waals surface area contributed by atoms with E-state index in [4.69, 9.17) is 4.42 Å². The SMILES string of the molecule is CC(C)(C)c1ccc(C2CC(=O)C3=C(C2)Nc2ccccc2N(C(=O)C(F)(F)F)C3c2ccco2)cc1. The van der Waals surface area contributed by atoms with Gasteiger partial charge in [-0.2, -0.15) is 13.2 Å². The highest BCUT2D eigenvalue weighted by molar-refractivity contribution is 6.07. The smallest absolute Gasteiger partial charge is 0.467 e. The monoisotopic (exact) mass is 508 g/mol. The minimum atomic E-state index is -5.15. The van der Waals surface area contributed by atoms with Crippen LogP contribution in [0.4, 0.5) is 24.5 Å². The molecule has 0 spiro atoms. The predicted molar refractivity (Wildman–Crippen MR) is 134 cm³/mol. The van der Waals surface area contributed by atoms with E-state index >= 15 is 0 Å². The molecule has 37 heavy (non-hydrogen) atoms. The molecule has 3 aromatic rings. The van der Waals surface area contributed by atoms with Gasteiger partial charge in [0.25, 0.3) is 0 Å². The molecule has 2 heterocycles. The molecule has 0 fully saturated rings. The molecule has 1 aromatic heterocycles. The minimum absolute atomic E-state index is 0.0199. The van der Waals surface area contributed by atoms with Crippen molar-refractivity contribution in [1.82, 2.24) is 0 Å². The summed E-state index contributed by atoms with van der Waals surface area (Å²) in [5, 5.41) is 3.21. The van der Waals surface area contributed by atoms with E-state index in [9.17, 15) is 22.8 Å². The molecule has 5 nitrogen and oxygen atoms in total. The number of carbonyl (C=O) groups is 2. The average Bonchev–Trinajstić information content (AvgIpc) is 3.32. The van der Waals surface area contributed by atoms with Crippen molar-refractivity contribution < 1.29 is 27.2 Å². The summed E-state index contributed by atoms with van der Waals surface area (Å²) < 4.78 is 47.1. The fourth-order valence-electron chi connectivity index (χ4n) is 5.16. The Morgan fingerprint density at radius 2 is 1.68 bits per heavy atom. The number of carbonyl (C=O) groups excluding carboxylic acids is 2. The maximum Gasteiger partial charge on any atom is 0.471 e. The van der Waals surface area contributed by atoms with Crippen LogP contribution in [-0.4, -0.2) is 17.9 Å². The fraction of sp³-hybridized carbons (Fsp3) is 0.310. The molecule has 1 N–H and O–H groups in total. The Hall–Kier alpha value is -3.81. The molecule has 8 heteroatoms. The molecule has 1 amide bonds. The number of benzene rings is 2. The Balaban J connectivity index is 1.64. The molecule has 1 aliphatic carbocycles. The number of allylic oxidation sites excluding steroid dienone is 1. The third kappa shape index (κ3) is 4.56. The topological polar surface area (TPSA) is 62.6 Å². The van der Waals surface area contributed by atoms with Crippen LogP contribution in [0.1, 0.15) is 62.5 Å². The largest absolute Gasteiger partial charge is 0.471 e. The second-order valence-corrected chi connectivity index (χ2v) is 10.5. The van der Waals surface area contributed by atoms with Gasteiger partial charge in [-0.1, -0.05) is 57.2 Å². The van der Waals surface area contributed by atoms with Crippen LogP contribution >= 0.6 is 0 Å². The first-order chi connectivity index (χ1) is 17.4. The lowest BCUT2D eigenvalue weighted by Gasteiger charge is -2.34. The van der Waals surface area contributed by atoms with E-state index in [1.54, 1.807) is 18.2 Å². The fourth-order valence-corrected chi connectivity index (χ4v) is 5.16. The summed E-state index contributed by atoms with van der Waals surface area (Å²) in [6.45, 7) is 6.37. The second kappa shape index (κ2) is 8.94. The van der Waals surface area contributed by atoms with Gasteiger partial charge in [-0.3, -0.25) is 14.5 Å². The lowest BCUT2D eigenvalue weighted by Crippen LogP contribution is -2.45. The van der Waals surface area contributed by atoms with Crippen molar-refractivity contribution in [3.63, 3.8) is 0 Å². The molecule has 5 rings (SSSR count). The minimum Gasteiger partial charge on any atom is -0.467 e. The van der Waals surface area contributed by atoms with Crippen molar-refractivity contribution in [3.05, 3.63) is 95.1 Å². The third-order valence-electron chi connectivity index (χ3n) is 7.01. The first kappa shape index (κ1) is 24.9. The number of amides is 1. The highest BCUT2D eigenvalue weighted by Crippen LogP contribution is 2.48. The van der Waals surface area contributed by atoms with Crippen molar-refractivity contribution in [2.45, 2.75) is 57.2 Å². The number of nitrogens with one attached hydrogen (secondary N) is 1. The summed E-state index contributed by atoms with van der Waals surface area (Å²) in [5.74, 6) is -2.47. The Morgan fingerprint density at radius 3 is 2.30 bits per heavy atom. The van der Waals surface area contributed by atoms with Gasteiger partial charge in [-0.25, -0.2) is 0 Å². The molecule has 2 atom stereocenters. The number of nitrogens with zero attached hydrogens (tertiary/aromatic N) is 1. The van der Waals surface area contributed by atoms with Crippen LogP contribution in [0.5, 0.6) is 0 Å². The summed E-state index contributed by atoms with van der Waals surface area (Å²) in [6.07, 6.45) is -3.33. The van der Waals surface area contributed by atoms with E-state index in [1.165, 1.54) is 30.0 Å². The maximum absolute atomic E-state index is 13.9. The van der Waals surface area contributed by atoms with Gasteiger partial charge < -0.3 is 9.73 Å². The highest BCUT2D eigenvalue weighted by Gasteiger charge is 2.50. The normalized spacial score (nSPS) is 20.2. The number of hydrogen-bond donors (Lipinski definition) is 1. The molecule has 2 aliphatic rings. The van der Waals surface area contributed by atoms with Gasteiger partial charge in [0, 0.05) is 17.7 Å².